The van der Waals surface area contributed by atoms with Crippen LogP contribution in [0.2, 0.25) is 0 Å². The molecular weight excluding hydrogens is 230 g/mol. The molecule has 18 heavy (non-hydrogen) atoms. The summed E-state index contributed by atoms with van der Waals surface area (Å²) in [4.78, 5) is 15.6. The van der Waals surface area contributed by atoms with Gasteiger partial charge in [0.1, 0.15) is 0 Å². The number of anilines is 2. The molecule has 5 heteroatoms. The van der Waals surface area contributed by atoms with Gasteiger partial charge in [0.05, 0.1) is 11.4 Å². The summed E-state index contributed by atoms with van der Waals surface area (Å²) in [6.07, 6.45) is 0. The Morgan fingerprint density at radius 3 is 2.72 bits per heavy atom. The number of benzene rings is 1. The molecule has 2 aliphatic rings. The number of likely N-dealkylation sites (N-methyl/N-ethyl adjacent to an activating group) is 1. The molecule has 96 valence electrons. The SMILES string of the molecule is CN1C(=O)COc2c(N3CCNCC3)cccc21. The van der Waals surface area contributed by atoms with Crippen LogP contribution in [0, 0.1) is 0 Å². The summed E-state index contributed by atoms with van der Waals surface area (Å²) in [6.45, 7) is 4.04. The summed E-state index contributed by atoms with van der Waals surface area (Å²) in [5.41, 5.74) is 1.95. The molecule has 0 spiro atoms. The smallest absolute Gasteiger partial charge is 0.264 e. The van der Waals surface area contributed by atoms with Crippen molar-refractivity contribution >= 4 is 17.3 Å². The fraction of sp³-hybridized carbons (Fsp3) is 0.462. The quantitative estimate of drug-likeness (QED) is 0.782. The zero-order valence-electron chi connectivity index (χ0n) is 10.5. The van der Waals surface area contributed by atoms with E-state index in [2.05, 4.69) is 16.3 Å². The van der Waals surface area contributed by atoms with Gasteiger partial charge >= 0.3 is 0 Å². The highest BCUT2D eigenvalue weighted by molar-refractivity contribution is 5.98. The van der Waals surface area contributed by atoms with E-state index in [-0.39, 0.29) is 12.5 Å². The molecule has 0 saturated carbocycles. The van der Waals surface area contributed by atoms with E-state index in [0.29, 0.717) is 0 Å². The Balaban J connectivity index is 1.98. The molecule has 1 aromatic carbocycles. The second kappa shape index (κ2) is 4.49. The van der Waals surface area contributed by atoms with E-state index >= 15 is 0 Å². The van der Waals surface area contributed by atoms with Crippen LogP contribution >= 0.6 is 0 Å². The zero-order chi connectivity index (χ0) is 12.5. The number of hydrogen-bond acceptors (Lipinski definition) is 4. The zero-order valence-corrected chi connectivity index (χ0v) is 10.5. The van der Waals surface area contributed by atoms with Crippen molar-refractivity contribution in [1.82, 2.24) is 5.32 Å². The summed E-state index contributed by atoms with van der Waals surface area (Å²) >= 11 is 0. The first-order valence-corrected chi connectivity index (χ1v) is 6.25. The van der Waals surface area contributed by atoms with E-state index in [1.807, 2.05) is 12.1 Å². The van der Waals surface area contributed by atoms with Crippen molar-refractivity contribution < 1.29 is 9.53 Å². The van der Waals surface area contributed by atoms with Crippen LogP contribution in [0.3, 0.4) is 0 Å². The Morgan fingerprint density at radius 2 is 1.94 bits per heavy atom. The van der Waals surface area contributed by atoms with Gasteiger partial charge < -0.3 is 19.9 Å². The third-order valence-corrected chi connectivity index (χ3v) is 3.51. The molecular formula is C13H17N3O2. The summed E-state index contributed by atoms with van der Waals surface area (Å²) in [6, 6.07) is 5.97. The van der Waals surface area contributed by atoms with Crippen LogP contribution in [-0.4, -0.2) is 45.7 Å². The van der Waals surface area contributed by atoms with Crippen molar-refractivity contribution in [3.8, 4) is 5.75 Å². The molecule has 1 amide bonds. The number of nitrogens with zero attached hydrogens (tertiary/aromatic N) is 2. The molecule has 0 bridgehead atoms. The van der Waals surface area contributed by atoms with Crippen LogP contribution in [0.15, 0.2) is 18.2 Å². The van der Waals surface area contributed by atoms with Gasteiger partial charge in [0, 0.05) is 33.2 Å². The van der Waals surface area contributed by atoms with E-state index in [1.54, 1.807) is 11.9 Å². The number of para-hydroxylation sites is 1. The van der Waals surface area contributed by atoms with Crippen LogP contribution in [0.1, 0.15) is 0 Å². The molecule has 1 N–H and O–H groups in total. The highest BCUT2D eigenvalue weighted by atomic mass is 16.5. The topological polar surface area (TPSA) is 44.8 Å². The molecule has 3 rings (SSSR count). The lowest BCUT2D eigenvalue weighted by Gasteiger charge is -2.34. The lowest BCUT2D eigenvalue weighted by molar-refractivity contribution is -0.120. The van der Waals surface area contributed by atoms with Crippen molar-refractivity contribution in [2.24, 2.45) is 0 Å². The van der Waals surface area contributed by atoms with Gasteiger partial charge in [-0.3, -0.25) is 4.79 Å². The molecule has 0 aliphatic carbocycles. The van der Waals surface area contributed by atoms with Gasteiger partial charge in [0.25, 0.3) is 5.91 Å². The second-order valence-corrected chi connectivity index (χ2v) is 4.60. The Morgan fingerprint density at radius 1 is 1.22 bits per heavy atom. The Kier molecular flexibility index (Phi) is 2.83. The highest BCUT2D eigenvalue weighted by Gasteiger charge is 2.26. The molecule has 2 heterocycles. The fourth-order valence-electron chi connectivity index (χ4n) is 2.44. The molecule has 0 radical (unpaired) electrons. The number of ether oxygens (including phenoxy) is 1. The maximum Gasteiger partial charge on any atom is 0.264 e. The lowest BCUT2D eigenvalue weighted by atomic mass is 10.2. The standard InChI is InChI=1S/C13H17N3O2/c1-15-10-3-2-4-11(13(10)18-9-12(15)17)16-7-5-14-6-8-16/h2-4,14H,5-9H2,1H3. The largest absolute Gasteiger partial charge is 0.479 e. The van der Waals surface area contributed by atoms with E-state index in [1.165, 1.54) is 0 Å². The average Bonchev–Trinajstić information content (AvgIpc) is 2.43. The van der Waals surface area contributed by atoms with Crippen LogP contribution in [0.4, 0.5) is 11.4 Å². The van der Waals surface area contributed by atoms with Crippen molar-refractivity contribution in [1.29, 1.82) is 0 Å². The van der Waals surface area contributed by atoms with Crippen LogP contribution in [0.5, 0.6) is 5.75 Å². The summed E-state index contributed by atoms with van der Waals surface area (Å²) in [5, 5.41) is 3.33. The van der Waals surface area contributed by atoms with Gasteiger partial charge in [-0.25, -0.2) is 0 Å². The predicted molar refractivity (Wildman–Crippen MR) is 70.4 cm³/mol. The van der Waals surface area contributed by atoms with E-state index in [9.17, 15) is 4.79 Å². The van der Waals surface area contributed by atoms with Crippen LogP contribution in [-0.2, 0) is 4.79 Å². The van der Waals surface area contributed by atoms with Crippen molar-refractivity contribution in [3.63, 3.8) is 0 Å². The second-order valence-electron chi connectivity index (χ2n) is 4.60. The third-order valence-electron chi connectivity index (χ3n) is 3.51. The molecule has 0 atom stereocenters. The Hall–Kier alpha value is -1.75. The van der Waals surface area contributed by atoms with E-state index < -0.39 is 0 Å². The van der Waals surface area contributed by atoms with Gasteiger partial charge in [-0.15, -0.1) is 0 Å². The summed E-state index contributed by atoms with van der Waals surface area (Å²) in [7, 11) is 1.80. The Bertz CT molecular complexity index is 469. The maximum atomic E-state index is 11.6. The molecule has 1 saturated heterocycles. The number of amides is 1. The first-order valence-electron chi connectivity index (χ1n) is 6.25. The molecule has 0 aromatic heterocycles. The number of carbonyl (C=O) groups excluding carboxylic acids is 1. The molecule has 0 unspecified atom stereocenters. The minimum atomic E-state index is -0.0000363. The van der Waals surface area contributed by atoms with Gasteiger partial charge in [0.2, 0.25) is 0 Å². The highest BCUT2D eigenvalue weighted by Crippen LogP contribution is 2.39. The first kappa shape index (κ1) is 11.3. The number of nitrogens with one attached hydrogen (secondary N) is 1. The minimum absolute atomic E-state index is 0.0000363. The monoisotopic (exact) mass is 247 g/mol. The molecule has 1 aromatic rings. The van der Waals surface area contributed by atoms with E-state index in [4.69, 9.17) is 4.74 Å². The molecule has 5 nitrogen and oxygen atoms in total. The van der Waals surface area contributed by atoms with Crippen LogP contribution in [0.25, 0.3) is 0 Å². The number of hydrogen-bond donors (Lipinski definition) is 1. The summed E-state index contributed by atoms with van der Waals surface area (Å²) < 4.78 is 5.64. The number of rotatable bonds is 1. The number of carbonyl (C=O) groups is 1. The van der Waals surface area contributed by atoms with Gasteiger partial charge in [-0.1, -0.05) is 6.07 Å². The normalized spacial score (nSPS) is 19.5. The van der Waals surface area contributed by atoms with Crippen molar-refractivity contribution in [2.45, 2.75) is 0 Å². The van der Waals surface area contributed by atoms with E-state index in [0.717, 1.165) is 43.3 Å². The fourth-order valence-corrected chi connectivity index (χ4v) is 2.44. The number of piperazine rings is 1. The van der Waals surface area contributed by atoms with Gasteiger partial charge in [-0.05, 0) is 12.1 Å². The summed E-state index contributed by atoms with van der Waals surface area (Å²) in [5.74, 6) is 0.835. The predicted octanol–water partition coefficient (Wildman–Crippen LogP) is 0.451. The number of fused-ring (bicyclic) bond motifs is 1. The molecule has 1 fully saturated rings. The van der Waals surface area contributed by atoms with Gasteiger partial charge in [0.15, 0.2) is 12.4 Å². The maximum absolute atomic E-state index is 11.6. The van der Waals surface area contributed by atoms with Crippen molar-refractivity contribution in [2.75, 3.05) is 49.6 Å². The first-order chi connectivity index (χ1) is 8.77. The average molecular weight is 247 g/mol. The minimum Gasteiger partial charge on any atom is -0.479 e. The Labute approximate surface area is 106 Å². The van der Waals surface area contributed by atoms with Gasteiger partial charge in [-0.2, -0.15) is 0 Å². The van der Waals surface area contributed by atoms with Crippen LogP contribution < -0.4 is 19.9 Å². The van der Waals surface area contributed by atoms with Crippen molar-refractivity contribution in [3.05, 3.63) is 18.2 Å². The lowest BCUT2D eigenvalue weighted by Crippen LogP contribution is -2.44. The third kappa shape index (κ3) is 1.80. The molecule has 2 aliphatic heterocycles.